The number of rotatable bonds is 2. The van der Waals surface area contributed by atoms with Gasteiger partial charge in [0.05, 0.1) is 10.4 Å². The molecule has 1 heterocycles. The van der Waals surface area contributed by atoms with E-state index in [-0.39, 0.29) is 4.90 Å². The summed E-state index contributed by atoms with van der Waals surface area (Å²) in [6.07, 6.45) is 0. The highest BCUT2D eigenvalue weighted by Gasteiger charge is 2.12. The minimum absolute atomic E-state index is 0.0510. The van der Waals surface area contributed by atoms with Gasteiger partial charge < -0.3 is 5.73 Å². The number of hydrogen-bond donors (Lipinski definition) is 3. The molecule has 0 fully saturated rings. The molecule has 3 aromatic rings. The predicted molar refractivity (Wildman–Crippen MR) is 77.3 cm³/mol. The molecule has 0 atom stereocenters. The van der Waals surface area contributed by atoms with Crippen molar-refractivity contribution in [2.24, 2.45) is 5.14 Å². The Balaban J connectivity index is 2.23. The van der Waals surface area contributed by atoms with Crippen LogP contribution in [0.1, 0.15) is 0 Å². The quantitative estimate of drug-likeness (QED) is 0.619. The molecule has 0 unspecified atom stereocenters. The van der Waals surface area contributed by atoms with Crippen molar-refractivity contribution < 1.29 is 8.42 Å². The van der Waals surface area contributed by atoms with E-state index < -0.39 is 10.0 Å². The van der Waals surface area contributed by atoms with E-state index in [9.17, 15) is 8.42 Å². The Bertz CT molecular complexity index is 900. The number of nitrogens with two attached hydrogens (primary N) is 2. The summed E-state index contributed by atoms with van der Waals surface area (Å²) in [5.41, 5.74) is 8.51. The molecule has 0 aliphatic rings. The largest absolute Gasteiger partial charge is 0.399 e. The maximum absolute atomic E-state index is 11.4. The van der Waals surface area contributed by atoms with Gasteiger partial charge in [0.25, 0.3) is 0 Å². The molecule has 0 aliphatic heterocycles. The monoisotopic (exact) mass is 288 g/mol. The number of fused-ring (bicyclic) bond motifs is 1. The zero-order valence-corrected chi connectivity index (χ0v) is 11.2. The molecule has 0 bridgehead atoms. The zero-order chi connectivity index (χ0) is 14.3. The van der Waals surface area contributed by atoms with Gasteiger partial charge in [0.15, 0.2) is 0 Å². The second-order valence-electron chi connectivity index (χ2n) is 4.45. The standard InChI is InChI=1S/C13H12N4O2S/c14-9-4-5-12-11(7-9)13(17-16-12)8-2-1-3-10(6-8)20(15,18)19/h1-7H,14H2,(H,16,17)(H2,15,18,19). The van der Waals surface area contributed by atoms with Crippen LogP contribution in [0.25, 0.3) is 22.2 Å². The molecule has 102 valence electrons. The van der Waals surface area contributed by atoms with E-state index in [1.165, 1.54) is 12.1 Å². The lowest BCUT2D eigenvalue weighted by Crippen LogP contribution is -2.11. The summed E-state index contributed by atoms with van der Waals surface area (Å²) in [7, 11) is -3.74. The first-order valence-corrected chi connectivity index (χ1v) is 7.36. The highest BCUT2D eigenvalue weighted by molar-refractivity contribution is 7.89. The van der Waals surface area contributed by atoms with Gasteiger partial charge in [-0.1, -0.05) is 12.1 Å². The van der Waals surface area contributed by atoms with E-state index in [0.717, 1.165) is 10.9 Å². The number of anilines is 1. The smallest absolute Gasteiger partial charge is 0.238 e. The van der Waals surface area contributed by atoms with Gasteiger partial charge in [-0.25, -0.2) is 13.6 Å². The SMILES string of the molecule is Nc1ccc2[nH]nc(-c3cccc(S(N)(=O)=O)c3)c2c1. The van der Waals surface area contributed by atoms with Crippen LogP contribution in [0.2, 0.25) is 0 Å². The number of primary sulfonamides is 1. The van der Waals surface area contributed by atoms with Crippen molar-refractivity contribution in [3.05, 3.63) is 42.5 Å². The third kappa shape index (κ3) is 2.13. The molecule has 5 N–H and O–H groups in total. The minimum atomic E-state index is -3.74. The zero-order valence-electron chi connectivity index (χ0n) is 10.4. The minimum Gasteiger partial charge on any atom is -0.399 e. The Hall–Kier alpha value is -2.38. The summed E-state index contributed by atoms with van der Waals surface area (Å²) < 4.78 is 22.8. The summed E-state index contributed by atoms with van der Waals surface area (Å²) in [6.45, 7) is 0. The number of aromatic nitrogens is 2. The van der Waals surface area contributed by atoms with Gasteiger partial charge in [-0.05, 0) is 30.3 Å². The number of nitrogens with zero attached hydrogens (tertiary/aromatic N) is 1. The first kappa shape index (κ1) is 12.6. The second-order valence-corrected chi connectivity index (χ2v) is 6.01. The second kappa shape index (κ2) is 4.32. The van der Waals surface area contributed by atoms with Crippen LogP contribution in [0.15, 0.2) is 47.4 Å². The highest BCUT2D eigenvalue weighted by atomic mass is 32.2. The van der Waals surface area contributed by atoms with Crippen LogP contribution >= 0.6 is 0 Å². The number of hydrogen-bond acceptors (Lipinski definition) is 4. The number of aromatic amines is 1. The lowest BCUT2D eigenvalue weighted by Gasteiger charge is -2.02. The van der Waals surface area contributed by atoms with Crippen LogP contribution in [-0.4, -0.2) is 18.6 Å². The maximum Gasteiger partial charge on any atom is 0.238 e. The first-order valence-electron chi connectivity index (χ1n) is 5.82. The van der Waals surface area contributed by atoms with Gasteiger partial charge in [0.1, 0.15) is 5.69 Å². The third-order valence-electron chi connectivity index (χ3n) is 3.02. The molecule has 0 saturated carbocycles. The molecule has 0 spiro atoms. The lowest BCUT2D eigenvalue weighted by atomic mass is 10.1. The lowest BCUT2D eigenvalue weighted by molar-refractivity contribution is 0.598. The van der Waals surface area contributed by atoms with Gasteiger partial charge in [-0.2, -0.15) is 5.10 Å². The topological polar surface area (TPSA) is 115 Å². The number of nitrogens with one attached hydrogen (secondary N) is 1. The summed E-state index contributed by atoms with van der Waals surface area (Å²) in [5, 5.41) is 13.1. The summed E-state index contributed by atoms with van der Waals surface area (Å²) in [5.74, 6) is 0. The third-order valence-corrected chi connectivity index (χ3v) is 3.93. The van der Waals surface area contributed by atoms with Crippen LogP contribution in [-0.2, 0) is 10.0 Å². The molecule has 20 heavy (non-hydrogen) atoms. The van der Waals surface area contributed by atoms with Crippen LogP contribution < -0.4 is 10.9 Å². The fourth-order valence-corrected chi connectivity index (χ4v) is 2.63. The molecule has 0 radical (unpaired) electrons. The number of H-pyrrole nitrogens is 1. The Kier molecular flexibility index (Phi) is 2.73. The van der Waals surface area contributed by atoms with Crippen molar-refractivity contribution in [3.8, 4) is 11.3 Å². The fourth-order valence-electron chi connectivity index (χ4n) is 2.07. The van der Waals surface area contributed by atoms with E-state index >= 15 is 0 Å². The number of nitrogen functional groups attached to an aromatic ring is 1. The average Bonchev–Trinajstić information content (AvgIpc) is 2.81. The van der Waals surface area contributed by atoms with E-state index in [1.807, 2.05) is 6.07 Å². The average molecular weight is 288 g/mol. The van der Waals surface area contributed by atoms with E-state index in [1.54, 1.807) is 24.3 Å². The first-order chi connectivity index (χ1) is 9.45. The van der Waals surface area contributed by atoms with Gasteiger partial charge >= 0.3 is 0 Å². The molecular weight excluding hydrogens is 276 g/mol. The Morgan fingerprint density at radius 2 is 1.90 bits per heavy atom. The maximum atomic E-state index is 11.4. The number of benzene rings is 2. The molecule has 3 rings (SSSR count). The highest BCUT2D eigenvalue weighted by Crippen LogP contribution is 2.28. The van der Waals surface area contributed by atoms with Crippen molar-refractivity contribution >= 4 is 26.6 Å². The summed E-state index contributed by atoms with van der Waals surface area (Å²) >= 11 is 0. The van der Waals surface area contributed by atoms with Crippen LogP contribution in [0, 0.1) is 0 Å². The van der Waals surface area contributed by atoms with Crippen LogP contribution in [0.3, 0.4) is 0 Å². The van der Waals surface area contributed by atoms with Crippen molar-refractivity contribution in [1.82, 2.24) is 10.2 Å². The normalized spacial score (nSPS) is 11.8. The van der Waals surface area contributed by atoms with E-state index in [0.29, 0.717) is 16.9 Å². The predicted octanol–water partition coefficient (Wildman–Crippen LogP) is 1.46. The van der Waals surface area contributed by atoms with Crippen molar-refractivity contribution in [2.45, 2.75) is 4.90 Å². The summed E-state index contributed by atoms with van der Waals surface area (Å²) in [6, 6.07) is 11.7. The van der Waals surface area contributed by atoms with Crippen molar-refractivity contribution in [3.63, 3.8) is 0 Å². The molecule has 6 nitrogen and oxygen atoms in total. The van der Waals surface area contributed by atoms with Crippen LogP contribution in [0.4, 0.5) is 5.69 Å². The summed E-state index contributed by atoms with van der Waals surface area (Å²) in [4.78, 5) is 0.0510. The Morgan fingerprint density at radius 3 is 2.65 bits per heavy atom. The van der Waals surface area contributed by atoms with Gasteiger partial charge in [-0.15, -0.1) is 0 Å². The molecule has 2 aromatic carbocycles. The van der Waals surface area contributed by atoms with Crippen LogP contribution in [0.5, 0.6) is 0 Å². The number of sulfonamides is 1. The molecule has 1 aromatic heterocycles. The molecule has 0 aliphatic carbocycles. The molecule has 0 saturated heterocycles. The van der Waals surface area contributed by atoms with E-state index in [2.05, 4.69) is 10.2 Å². The van der Waals surface area contributed by atoms with Crippen molar-refractivity contribution in [2.75, 3.05) is 5.73 Å². The Labute approximate surface area is 115 Å². The molecule has 7 heteroatoms. The Morgan fingerprint density at radius 1 is 1.10 bits per heavy atom. The van der Waals surface area contributed by atoms with E-state index in [4.69, 9.17) is 10.9 Å². The van der Waals surface area contributed by atoms with Gasteiger partial charge in [0, 0.05) is 16.6 Å². The molecule has 0 amide bonds. The van der Waals surface area contributed by atoms with Gasteiger partial charge in [0.2, 0.25) is 10.0 Å². The fraction of sp³-hybridized carbons (Fsp3) is 0. The molecular formula is C13H12N4O2S. The van der Waals surface area contributed by atoms with Gasteiger partial charge in [-0.3, -0.25) is 5.10 Å². The van der Waals surface area contributed by atoms with Crippen molar-refractivity contribution in [1.29, 1.82) is 0 Å².